The monoisotopic (exact) mass is 412 g/mol. The topological polar surface area (TPSA) is 68.3 Å². The average Bonchev–Trinajstić information content (AvgIpc) is 3.06. The summed E-state index contributed by atoms with van der Waals surface area (Å²) < 4.78 is 16.0. The molecular weight excluding hydrogens is 384 g/mol. The molecule has 0 saturated carbocycles. The Balaban J connectivity index is 1.65. The fourth-order valence-electron chi connectivity index (χ4n) is 3.59. The van der Waals surface area contributed by atoms with Gasteiger partial charge in [-0.25, -0.2) is 4.90 Å². The molecule has 1 fully saturated rings. The fourth-order valence-corrected chi connectivity index (χ4v) is 3.59. The Kier molecular flexibility index (Phi) is 6.95. The fraction of sp³-hybridized carbons (Fsp3) is 0.391. The first-order chi connectivity index (χ1) is 14.5. The zero-order valence-electron chi connectivity index (χ0n) is 17.9. The molecule has 0 aliphatic carbocycles. The Bertz CT molecular complexity index is 897. The molecule has 1 atom stereocenters. The van der Waals surface area contributed by atoms with Crippen molar-refractivity contribution < 1.29 is 23.8 Å². The summed E-state index contributed by atoms with van der Waals surface area (Å²) in [6.45, 7) is 3.11. The van der Waals surface area contributed by atoms with Gasteiger partial charge in [-0.05, 0) is 62.4 Å². The molecule has 1 aliphatic rings. The molecule has 0 aromatic heterocycles. The number of hydrogen-bond donors (Lipinski definition) is 0. The van der Waals surface area contributed by atoms with E-state index in [-0.39, 0.29) is 18.2 Å². The highest BCUT2D eigenvalue weighted by Gasteiger charge is 2.41. The number of benzene rings is 2. The van der Waals surface area contributed by atoms with Gasteiger partial charge in [0.2, 0.25) is 5.91 Å². The molecule has 1 heterocycles. The molecular formula is C23H28N2O5. The van der Waals surface area contributed by atoms with Crippen molar-refractivity contribution in [2.75, 3.05) is 39.3 Å². The van der Waals surface area contributed by atoms with E-state index in [4.69, 9.17) is 14.2 Å². The van der Waals surface area contributed by atoms with E-state index in [2.05, 4.69) is 0 Å². The summed E-state index contributed by atoms with van der Waals surface area (Å²) in [4.78, 5) is 28.7. The van der Waals surface area contributed by atoms with Crippen molar-refractivity contribution in [3.05, 3.63) is 48.0 Å². The number of carbonyl (C=O) groups is 2. The van der Waals surface area contributed by atoms with Crippen molar-refractivity contribution in [3.8, 4) is 17.2 Å². The molecule has 7 heteroatoms. The van der Waals surface area contributed by atoms with Gasteiger partial charge in [0, 0.05) is 6.54 Å². The Hall–Kier alpha value is -3.06. The number of anilines is 1. The van der Waals surface area contributed by atoms with Gasteiger partial charge < -0.3 is 14.2 Å². The van der Waals surface area contributed by atoms with Crippen LogP contribution >= 0.6 is 0 Å². The van der Waals surface area contributed by atoms with Crippen LogP contribution in [0.15, 0.2) is 42.5 Å². The number of hydrogen-bond acceptors (Lipinski definition) is 6. The first kappa shape index (κ1) is 21.6. The number of methoxy groups -OCH3 is 2. The first-order valence-corrected chi connectivity index (χ1v) is 9.99. The van der Waals surface area contributed by atoms with Gasteiger partial charge in [-0.2, -0.15) is 0 Å². The van der Waals surface area contributed by atoms with Gasteiger partial charge in [0.25, 0.3) is 5.91 Å². The van der Waals surface area contributed by atoms with Gasteiger partial charge in [0.1, 0.15) is 5.75 Å². The molecule has 3 rings (SSSR count). The molecule has 7 nitrogen and oxygen atoms in total. The number of likely N-dealkylation sites (N-methyl/N-ethyl adjacent to an activating group) is 1. The van der Waals surface area contributed by atoms with Crippen molar-refractivity contribution in [3.63, 3.8) is 0 Å². The van der Waals surface area contributed by atoms with E-state index < -0.39 is 6.04 Å². The predicted octanol–water partition coefficient (Wildman–Crippen LogP) is 2.91. The SMILES string of the molecule is CCOc1ccc(N2C(=O)CC(N(C)CCc3ccc(OC)c(OC)c3)C2=O)cc1. The summed E-state index contributed by atoms with van der Waals surface area (Å²) in [6.07, 6.45) is 0.895. The lowest BCUT2D eigenvalue weighted by atomic mass is 10.1. The second-order valence-corrected chi connectivity index (χ2v) is 7.13. The second-order valence-electron chi connectivity index (χ2n) is 7.13. The minimum Gasteiger partial charge on any atom is -0.494 e. The third-order valence-corrected chi connectivity index (χ3v) is 5.26. The van der Waals surface area contributed by atoms with Crippen LogP contribution in [0, 0.1) is 0 Å². The second kappa shape index (κ2) is 9.63. The molecule has 0 spiro atoms. The molecule has 1 saturated heterocycles. The van der Waals surface area contributed by atoms with E-state index in [1.54, 1.807) is 38.5 Å². The van der Waals surface area contributed by atoms with Gasteiger partial charge in [-0.15, -0.1) is 0 Å². The summed E-state index contributed by atoms with van der Waals surface area (Å²) in [6, 6.07) is 12.3. The molecule has 0 radical (unpaired) electrons. The van der Waals surface area contributed by atoms with E-state index in [1.165, 1.54) is 4.90 Å². The van der Waals surface area contributed by atoms with E-state index in [1.807, 2.05) is 37.1 Å². The average molecular weight is 412 g/mol. The predicted molar refractivity (Wildman–Crippen MR) is 114 cm³/mol. The van der Waals surface area contributed by atoms with E-state index in [0.717, 1.165) is 12.0 Å². The van der Waals surface area contributed by atoms with Crippen LogP contribution in [0.5, 0.6) is 17.2 Å². The maximum absolute atomic E-state index is 13.0. The highest BCUT2D eigenvalue weighted by molar-refractivity contribution is 6.22. The third kappa shape index (κ3) is 4.57. The van der Waals surface area contributed by atoms with Gasteiger partial charge in [-0.1, -0.05) is 6.07 Å². The van der Waals surface area contributed by atoms with Crippen LogP contribution in [0.2, 0.25) is 0 Å². The van der Waals surface area contributed by atoms with Crippen LogP contribution in [-0.2, 0) is 16.0 Å². The number of rotatable bonds is 9. The zero-order valence-corrected chi connectivity index (χ0v) is 17.9. The number of carbonyl (C=O) groups excluding carboxylic acids is 2. The smallest absolute Gasteiger partial charge is 0.251 e. The van der Waals surface area contributed by atoms with Crippen LogP contribution in [0.1, 0.15) is 18.9 Å². The maximum Gasteiger partial charge on any atom is 0.251 e. The molecule has 2 amide bonds. The highest BCUT2D eigenvalue weighted by atomic mass is 16.5. The van der Waals surface area contributed by atoms with Crippen molar-refractivity contribution in [1.82, 2.24) is 4.90 Å². The highest BCUT2D eigenvalue weighted by Crippen LogP contribution is 2.29. The Morgan fingerprint density at radius 2 is 1.73 bits per heavy atom. The number of ether oxygens (including phenoxy) is 3. The summed E-state index contributed by atoms with van der Waals surface area (Å²) >= 11 is 0. The first-order valence-electron chi connectivity index (χ1n) is 9.99. The molecule has 0 bridgehead atoms. The van der Waals surface area contributed by atoms with Gasteiger partial charge >= 0.3 is 0 Å². The Labute approximate surface area is 177 Å². The van der Waals surface area contributed by atoms with E-state index >= 15 is 0 Å². The lowest BCUT2D eigenvalue weighted by Crippen LogP contribution is -2.40. The van der Waals surface area contributed by atoms with Crippen molar-refractivity contribution in [2.24, 2.45) is 0 Å². The van der Waals surface area contributed by atoms with E-state index in [0.29, 0.717) is 36.1 Å². The molecule has 1 unspecified atom stereocenters. The van der Waals surface area contributed by atoms with Crippen molar-refractivity contribution in [2.45, 2.75) is 25.8 Å². The van der Waals surface area contributed by atoms with E-state index in [9.17, 15) is 9.59 Å². The van der Waals surface area contributed by atoms with Crippen LogP contribution in [-0.4, -0.2) is 57.2 Å². The Morgan fingerprint density at radius 1 is 1.03 bits per heavy atom. The van der Waals surface area contributed by atoms with Gasteiger partial charge in [0.05, 0.1) is 39.0 Å². The minimum atomic E-state index is -0.468. The number of imide groups is 1. The molecule has 0 N–H and O–H groups in total. The van der Waals surface area contributed by atoms with Crippen LogP contribution in [0.3, 0.4) is 0 Å². The summed E-state index contributed by atoms with van der Waals surface area (Å²) in [5.41, 5.74) is 1.64. The quantitative estimate of drug-likeness (QED) is 0.590. The Morgan fingerprint density at radius 3 is 2.37 bits per heavy atom. The lowest BCUT2D eigenvalue weighted by molar-refractivity contribution is -0.122. The van der Waals surface area contributed by atoms with Crippen LogP contribution in [0.25, 0.3) is 0 Å². The number of nitrogens with zero attached hydrogens (tertiary/aromatic N) is 2. The summed E-state index contributed by atoms with van der Waals surface area (Å²) in [5, 5.41) is 0. The molecule has 1 aliphatic heterocycles. The molecule has 2 aromatic carbocycles. The summed E-state index contributed by atoms with van der Waals surface area (Å²) in [7, 11) is 5.08. The molecule has 30 heavy (non-hydrogen) atoms. The van der Waals surface area contributed by atoms with Gasteiger partial charge in [-0.3, -0.25) is 14.5 Å². The minimum absolute atomic E-state index is 0.175. The molecule has 160 valence electrons. The maximum atomic E-state index is 13.0. The molecule has 2 aromatic rings. The summed E-state index contributed by atoms with van der Waals surface area (Å²) in [5.74, 6) is 1.68. The third-order valence-electron chi connectivity index (χ3n) is 5.26. The number of amides is 2. The standard InChI is InChI=1S/C23H28N2O5/c1-5-30-18-9-7-17(8-10-18)25-22(26)15-19(23(25)27)24(2)13-12-16-6-11-20(28-3)21(14-16)29-4/h6-11,14,19H,5,12-13,15H2,1-4H3. The van der Waals surface area contributed by atoms with Crippen molar-refractivity contribution in [1.29, 1.82) is 0 Å². The van der Waals surface area contributed by atoms with Crippen LogP contribution < -0.4 is 19.1 Å². The normalized spacial score (nSPS) is 16.3. The largest absolute Gasteiger partial charge is 0.494 e. The lowest BCUT2D eigenvalue weighted by Gasteiger charge is -2.23. The van der Waals surface area contributed by atoms with Gasteiger partial charge in [0.15, 0.2) is 11.5 Å². The van der Waals surface area contributed by atoms with Crippen molar-refractivity contribution >= 4 is 17.5 Å². The van der Waals surface area contributed by atoms with Crippen LogP contribution in [0.4, 0.5) is 5.69 Å². The zero-order chi connectivity index (χ0) is 21.7.